The predicted molar refractivity (Wildman–Crippen MR) is 94.5 cm³/mol. The molecular weight excluding hydrogens is 318 g/mol. The summed E-state index contributed by atoms with van der Waals surface area (Å²) in [6, 6.07) is -0.803. The number of ether oxygens (including phenoxy) is 2. The zero-order chi connectivity index (χ0) is 17.7. The summed E-state index contributed by atoms with van der Waals surface area (Å²) in [7, 11) is 0. The summed E-state index contributed by atoms with van der Waals surface area (Å²) in [4.78, 5) is 23.7. The van der Waals surface area contributed by atoms with Crippen LogP contribution in [0, 0.1) is 10.8 Å². The lowest BCUT2D eigenvalue weighted by Gasteiger charge is -2.28. The third-order valence-corrected chi connectivity index (χ3v) is 4.00. The largest absolute Gasteiger partial charge is 0.462 e. The van der Waals surface area contributed by atoms with Crippen molar-refractivity contribution in [3.05, 3.63) is 0 Å². The summed E-state index contributed by atoms with van der Waals surface area (Å²) < 4.78 is 10.7. The minimum atomic E-state index is -0.803. The Morgan fingerprint density at radius 1 is 0.913 bits per heavy atom. The summed E-state index contributed by atoms with van der Waals surface area (Å²) in [5, 5.41) is 0. The highest BCUT2D eigenvalue weighted by Gasteiger charge is 2.27. The van der Waals surface area contributed by atoms with Gasteiger partial charge >= 0.3 is 11.9 Å². The second kappa shape index (κ2) is 9.48. The van der Waals surface area contributed by atoms with Crippen LogP contribution in [0.5, 0.6) is 0 Å². The molecule has 6 heteroatoms. The van der Waals surface area contributed by atoms with E-state index < -0.39 is 12.0 Å². The Morgan fingerprint density at radius 2 is 1.30 bits per heavy atom. The zero-order valence-corrected chi connectivity index (χ0v) is 16.6. The van der Waals surface area contributed by atoms with E-state index in [1.165, 1.54) is 0 Å². The van der Waals surface area contributed by atoms with Gasteiger partial charge in [-0.1, -0.05) is 41.5 Å². The Bertz CT molecular complexity index is 385. The van der Waals surface area contributed by atoms with E-state index >= 15 is 0 Å². The van der Waals surface area contributed by atoms with Crippen molar-refractivity contribution >= 4 is 24.3 Å². The fourth-order valence-corrected chi connectivity index (χ4v) is 1.26. The minimum Gasteiger partial charge on any atom is -0.462 e. The zero-order valence-electron chi connectivity index (χ0n) is 15.8. The molecule has 0 spiro atoms. The number of carbonyl (C=O) groups excluding carboxylic acids is 2. The Morgan fingerprint density at radius 3 is 1.70 bits per heavy atom. The van der Waals surface area contributed by atoms with Gasteiger partial charge < -0.3 is 15.2 Å². The average molecular weight is 352 g/mol. The quantitative estimate of drug-likeness (QED) is 0.741. The van der Waals surface area contributed by atoms with E-state index in [-0.39, 0.29) is 54.3 Å². The summed E-state index contributed by atoms with van der Waals surface area (Å²) in [5.74, 6) is -0.811. The van der Waals surface area contributed by atoms with Crippen LogP contribution in [0.2, 0.25) is 0 Å². The number of hydrogen-bond donors (Lipinski definition) is 1. The van der Waals surface area contributed by atoms with Gasteiger partial charge in [0.05, 0.1) is 0 Å². The maximum absolute atomic E-state index is 11.9. The molecule has 5 nitrogen and oxygen atoms in total. The molecule has 0 amide bonds. The highest BCUT2D eigenvalue weighted by atomic mass is 35.5. The van der Waals surface area contributed by atoms with Gasteiger partial charge in [-0.05, 0) is 31.1 Å². The Balaban J connectivity index is 0. The molecule has 0 aliphatic carbocycles. The first kappa shape index (κ1) is 24.4. The van der Waals surface area contributed by atoms with Gasteiger partial charge in [-0.3, -0.25) is 9.59 Å². The van der Waals surface area contributed by atoms with Crippen LogP contribution in [0.25, 0.3) is 0 Å². The van der Waals surface area contributed by atoms with E-state index in [1.807, 2.05) is 55.4 Å². The average Bonchev–Trinajstić information content (AvgIpc) is 2.33. The van der Waals surface area contributed by atoms with Gasteiger partial charge in [0.25, 0.3) is 0 Å². The molecule has 0 aliphatic heterocycles. The fourth-order valence-electron chi connectivity index (χ4n) is 1.26. The number of nitrogens with two attached hydrogens (primary N) is 1. The molecule has 0 aromatic carbocycles. The standard InChI is InChI=1S/C17H33NO4.ClH/c1-11(16(3,4)5)21-14(19)10-9-13(18)15(20)22-12(2)17(6,7)8;/h11-13H,9-10,18H2,1-8H3;1H. The van der Waals surface area contributed by atoms with Crippen LogP contribution in [0.1, 0.15) is 68.2 Å². The van der Waals surface area contributed by atoms with E-state index in [9.17, 15) is 9.59 Å². The first-order valence-corrected chi connectivity index (χ1v) is 7.90. The molecular formula is C17H34ClNO4. The molecule has 138 valence electrons. The monoisotopic (exact) mass is 351 g/mol. The smallest absolute Gasteiger partial charge is 0.323 e. The topological polar surface area (TPSA) is 78.6 Å². The summed E-state index contributed by atoms with van der Waals surface area (Å²) >= 11 is 0. The first-order valence-electron chi connectivity index (χ1n) is 7.90. The molecule has 0 radical (unpaired) electrons. The molecule has 0 aromatic rings. The molecule has 0 aliphatic rings. The van der Waals surface area contributed by atoms with Gasteiger partial charge in [0.2, 0.25) is 0 Å². The minimum absolute atomic E-state index is 0. The highest BCUT2D eigenvalue weighted by molar-refractivity contribution is 5.85. The van der Waals surface area contributed by atoms with Gasteiger partial charge in [-0.25, -0.2) is 0 Å². The Labute approximate surface area is 147 Å². The third kappa shape index (κ3) is 9.82. The highest BCUT2D eigenvalue weighted by Crippen LogP contribution is 2.23. The second-order valence-corrected chi connectivity index (χ2v) is 8.09. The first-order chi connectivity index (χ1) is 9.75. The van der Waals surface area contributed by atoms with E-state index in [0.717, 1.165) is 0 Å². The molecule has 0 aromatic heterocycles. The van der Waals surface area contributed by atoms with Gasteiger partial charge in [0, 0.05) is 6.42 Å². The van der Waals surface area contributed by atoms with Gasteiger partial charge in [-0.15, -0.1) is 12.4 Å². The molecule has 0 fully saturated rings. The van der Waals surface area contributed by atoms with Gasteiger partial charge in [0.15, 0.2) is 0 Å². The third-order valence-electron chi connectivity index (χ3n) is 4.00. The number of rotatable bonds is 6. The molecule has 3 atom stereocenters. The number of esters is 2. The van der Waals surface area contributed by atoms with Gasteiger partial charge in [-0.2, -0.15) is 0 Å². The second-order valence-electron chi connectivity index (χ2n) is 8.09. The summed E-state index contributed by atoms with van der Waals surface area (Å²) in [6.07, 6.45) is -0.0885. The molecule has 0 bridgehead atoms. The van der Waals surface area contributed by atoms with Crippen molar-refractivity contribution in [2.75, 3.05) is 0 Å². The van der Waals surface area contributed by atoms with E-state index in [2.05, 4.69) is 0 Å². The van der Waals surface area contributed by atoms with Crippen molar-refractivity contribution in [3.63, 3.8) is 0 Å². The van der Waals surface area contributed by atoms with Crippen molar-refractivity contribution in [1.29, 1.82) is 0 Å². The van der Waals surface area contributed by atoms with Crippen molar-refractivity contribution in [2.45, 2.75) is 86.5 Å². The van der Waals surface area contributed by atoms with E-state index in [4.69, 9.17) is 15.2 Å². The molecule has 0 rings (SSSR count). The maximum Gasteiger partial charge on any atom is 0.323 e. The number of carbonyl (C=O) groups is 2. The van der Waals surface area contributed by atoms with Crippen LogP contribution < -0.4 is 5.73 Å². The van der Waals surface area contributed by atoms with E-state index in [1.54, 1.807) is 0 Å². The molecule has 0 heterocycles. The number of halogens is 1. The molecule has 2 N–H and O–H groups in total. The van der Waals surface area contributed by atoms with Crippen LogP contribution in [0.3, 0.4) is 0 Å². The molecule has 0 saturated carbocycles. The SMILES string of the molecule is CC(OC(=O)CCC(N)C(=O)OC(C)C(C)(C)C)C(C)(C)C.Cl. The molecule has 0 saturated heterocycles. The predicted octanol–water partition coefficient (Wildman–Crippen LogP) is 3.47. The summed E-state index contributed by atoms with van der Waals surface area (Å²) in [5.41, 5.74) is 5.54. The van der Waals surface area contributed by atoms with Crippen LogP contribution in [-0.2, 0) is 19.1 Å². The van der Waals surface area contributed by atoms with E-state index in [0.29, 0.717) is 0 Å². The van der Waals surface area contributed by atoms with Crippen molar-refractivity contribution < 1.29 is 19.1 Å². The molecule has 3 unspecified atom stereocenters. The lowest BCUT2D eigenvalue weighted by molar-refractivity contribution is -0.156. The fraction of sp³-hybridized carbons (Fsp3) is 0.882. The van der Waals surface area contributed by atoms with Crippen LogP contribution in [0.15, 0.2) is 0 Å². The summed E-state index contributed by atoms with van der Waals surface area (Å²) in [6.45, 7) is 15.7. The van der Waals surface area contributed by atoms with Crippen molar-refractivity contribution in [2.24, 2.45) is 16.6 Å². The van der Waals surface area contributed by atoms with Crippen LogP contribution in [-0.4, -0.2) is 30.2 Å². The normalized spacial score (nSPS) is 15.9. The Kier molecular flexibility index (Phi) is 10.1. The van der Waals surface area contributed by atoms with Crippen LogP contribution >= 0.6 is 12.4 Å². The molecule has 23 heavy (non-hydrogen) atoms. The van der Waals surface area contributed by atoms with Crippen molar-refractivity contribution in [1.82, 2.24) is 0 Å². The van der Waals surface area contributed by atoms with Crippen LogP contribution in [0.4, 0.5) is 0 Å². The lowest BCUT2D eigenvalue weighted by Crippen LogP contribution is -2.38. The maximum atomic E-state index is 11.9. The Hall–Kier alpha value is -0.810. The van der Waals surface area contributed by atoms with Gasteiger partial charge in [0.1, 0.15) is 18.2 Å². The van der Waals surface area contributed by atoms with Crippen molar-refractivity contribution in [3.8, 4) is 0 Å². The lowest BCUT2D eigenvalue weighted by atomic mass is 9.90. The number of hydrogen-bond acceptors (Lipinski definition) is 5.